The van der Waals surface area contributed by atoms with Gasteiger partial charge in [0.1, 0.15) is 0 Å². The minimum Gasteiger partial charge on any atom is -0.381 e. The summed E-state index contributed by atoms with van der Waals surface area (Å²) in [7, 11) is 0. The Bertz CT molecular complexity index is 724. The third-order valence-corrected chi connectivity index (χ3v) is 4.26. The van der Waals surface area contributed by atoms with Crippen molar-refractivity contribution in [2.45, 2.75) is 26.7 Å². The molecule has 0 radical (unpaired) electrons. The minimum atomic E-state index is -0.384. The zero-order chi connectivity index (χ0) is 18.4. The van der Waals surface area contributed by atoms with Crippen LogP contribution < -0.4 is 0 Å². The van der Waals surface area contributed by atoms with Crippen LogP contribution in [0.2, 0.25) is 0 Å². The van der Waals surface area contributed by atoms with Gasteiger partial charge in [0.25, 0.3) is 11.4 Å². The van der Waals surface area contributed by atoms with E-state index >= 15 is 0 Å². The van der Waals surface area contributed by atoms with Gasteiger partial charge in [-0.25, -0.2) is 0 Å². The number of rotatable bonds is 8. The summed E-state index contributed by atoms with van der Waals surface area (Å²) in [6, 6.07) is 10.0. The van der Waals surface area contributed by atoms with Crippen molar-refractivity contribution in [3.05, 3.63) is 78.9 Å². The molecule has 0 aliphatic carbocycles. The Hall–Kier alpha value is -2.80. The highest BCUT2D eigenvalue weighted by molar-refractivity contribution is 5.45. The molecule has 2 rings (SSSR count). The van der Waals surface area contributed by atoms with Gasteiger partial charge in [0.05, 0.1) is 23.1 Å². The van der Waals surface area contributed by atoms with Crippen molar-refractivity contribution in [2.24, 2.45) is 0 Å². The van der Waals surface area contributed by atoms with E-state index in [-0.39, 0.29) is 21.2 Å². The van der Waals surface area contributed by atoms with Gasteiger partial charge >= 0.3 is 0 Å². The van der Waals surface area contributed by atoms with Gasteiger partial charge in [-0.2, -0.15) is 0 Å². The molecule has 0 aliphatic heterocycles. The average Bonchev–Trinajstić information content (AvgIpc) is 2.56. The monoisotopic (exact) mass is 344 g/mol. The fourth-order valence-electron chi connectivity index (χ4n) is 2.74. The summed E-state index contributed by atoms with van der Waals surface area (Å²) in [5.74, 6) is 0. The molecule has 25 heavy (non-hydrogen) atoms. The van der Waals surface area contributed by atoms with Crippen LogP contribution in [0.4, 0.5) is 11.4 Å². The Morgan fingerprint density at radius 1 is 0.800 bits per heavy atom. The summed E-state index contributed by atoms with van der Waals surface area (Å²) in [5.41, 5.74) is 3.33. The molecule has 7 nitrogen and oxygen atoms in total. The second-order valence-electron chi connectivity index (χ2n) is 5.75. The molecule has 2 aromatic carbocycles. The molecular formula is C18H20N2O5. The fraction of sp³-hybridized carbons (Fsp3) is 0.333. The number of hydrogen-bond donors (Lipinski definition) is 0. The van der Waals surface area contributed by atoms with Crippen molar-refractivity contribution in [2.75, 3.05) is 13.2 Å². The standard InChI is InChI=1S/C18H20N2O5/c1-13-15(5-3-7-17(13)19(21)22)9-11-25-12-10-16-6-4-8-18(14(16)2)20(23)24/h3-8H,9-12H2,1-2H3. The fourth-order valence-corrected chi connectivity index (χ4v) is 2.74. The summed E-state index contributed by atoms with van der Waals surface area (Å²) in [6.45, 7) is 4.35. The molecule has 0 atom stereocenters. The van der Waals surface area contributed by atoms with Crippen LogP contribution in [0.1, 0.15) is 22.3 Å². The Morgan fingerprint density at radius 3 is 1.56 bits per heavy atom. The molecule has 2 aromatic rings. The number of nitro benzene ring substituents is 2. The van der Waals surface area contributed by atoms with E-state index < -0.39 is 0 Å². The molecule has 0 saturated carbocycles. The van der Waals surface area contributed by atoms with Gasteiger partial charge in [0.15, 0.2) is 0 Å². The van der Waals surface area contributed by atoms with Crippen molar-refractivity contribution in [3.8, 4) is 0 Å². The van der Waals surface area contributed by atoms with E-state index in [1.165, 1.54) is 12.1 Å². The minimum absolute atomic E-state index is 0.115. The van der Waals surface area contributed by atoms with Crippen molar-refractivity contribution < 1.29 is 14.6 Å². The van der Waals surface area contributed by atoms with Crippen LogP contribution in [-0.2, 0) is 17.6 Å². The molecule has 0 unspecified atom stereocenters. The van der Waals surface area contributed by atoms with Crippen LogP contribution in [0, 0.1) is 34.1 Å². The van der Waals surface area contributed by atoms with Crippen LogP contribution in [0.3, 0.4) is 0 Å². The van der Waals surface area contributed by atoms with Gasteiger partial charge in [-0.1, -0.05) is 24.3 Å². The molecule has 0 heterocycles. The lowest BCUT2D eigenvalue weighted by Gasteiger charge is -2.09. The van der Waals surface area contributed by atoms with Crippen LogP contribution in [0.15, 0.2) is 36.4 Å². The predicted molar refractivity (Wildman–Crippen MR) is 93.9 cm³/mol. The van der Waals surface area contributed by atoms with Crippen molar-refractivity contribution in [1.29, 1.82) is 0 Å². The van der Waals surface area contributed by atoms with Gasteiger partial charge in [0, 0.05) is 23.3 Å². The highest BCUT2D eigenvalue weighted by Crippen LogP contribution is 2.22. The van der Waals surface area contributed by atoms with Crippen LogP contribution >= 0.6 is 0 Å². The van der Waals surface area contributed by atoms with Crippen LogP contribution in [-0.4, -0.2) is 23.1 Å². The molecule has 132 valence electrons. The summed E-state index contributed by atoms with van der Waals surface area (Å²) < 4.78 is 5.61. The summed E-state index contributed by atoms with van der Waals surface area (Å²) in [4.78, 5) is 21.1. The smallest absolute Gasteiger partial charge is 0.272 e. The zero-order valence-corrected chi connectivity index (χ0v) is 14.2. The molecule has 0 N–H and O–H groups in total. The Morgan fingerprint density at radius 2 is 1.20 bits per heavy atom. The Balaban J connectivity index is 1.87. The lowest BCUT2D eigenvalue weighted by atomic mass is 10.0. The normalized spacial score (nSPS) is 10.6. The Labute approximate surface area is 145 Å². The maximum Gasteiger partial charge on any atom is 0.272 e. The summed E-state index contributed by atoms with van der Waals surface area (Å²) in [6.07, 6.45) is 1.17. The number of nitro groups is 2. The molecule has 0 aliphatic rings. The van der Waals surface area contributed by atoms with Gasteiger partial charge in [-0.15, -0.1) is 0 Å². The molecule has 0 fully saturated rings. The van der Waals surface area contributed by atoms with Crippen LogP contribution in [0.25, 0.3) is 0 Å². The second kappa shape index (κ2) is 8.34. The molecule has 0 amide bonds. The van der Waals surface area contributed by atoms with Crippen molar-refractivity contribution >= 4 is 11.4 Å². The van der Waals surface area contributed by atoms with E-state index in [1.54, 1.807) is 26.0 Å². The quantitative estimate of drug-likeness (QED) is 0.411. The van der Waals surface area contributed by atoms with E-state index in [0.717, 1.165) is 11.1 Å². The molecule has 0 spiro atoms. The van der Waals surface area contributed by atoms with E-state index in [1.807, 2.05) is 12.1 Å². The van der Waals surface area contributed by atoms with Gasteiger partial charge in [0.2, 0.25) is 0 Å². The first-order valence-corrected chi connectivity index (χ1v) is 7.95. The van der Waals surface area contributed by atoms with E-state index in [0.29, 0.717) is 37.2 Å². The predicted octanol–water partition coefficient (Wildman–Crippen LogP) is 3.92. The van der Waals surface area contributed by atoms with Crippen LogP contribution in [0.5, 0.6) is 0 Å². The van der Waals surface area contributed by atoms with E-state index in [4.69, 9.17) is 4.74 Å². The molecule has 0 saturated heterocycles. The summed E-state index contributed by atoms with van der Waals surface area (Å²) >= 11 is 0. The highest BCUT2D eigenvalue weighted by atomic mass is 16.6. The highest BCUT2D eigenvalue weighted by Gasteiger charge is 2.14. The first kappa shape index (κ1) is 18.5. The zero-order valence-electron chi connectivity index (χ0n) is 14.2. The van der Waals surface area contributed by atoms with Gasteiger partial charge < -0.3 is 4.74 Å². The van der Waals surface area contributed by atoms with Crippen molar-refractivity contribution in [3.63, 3.8) is 0 Å². The first-order chi connectivity index (χ1) is 11.9. The van der Waals surface area contributed by atoms with E-state index in [2.05, 4.69) is 0 Å². The second-order valence-corrected chi connectivity index (χ2v) is 5.75. The lowest BCUT2D eigenvalue weighted by Crippen LogP contribution is -2.06. The first-order valence-electron chi connectivity index (χ1n) is 7.95. The van der Waals surface area contributed by atoms with E-state index in [9.17, 15) is 20.2 Å². The number of nitrogens with zero attached hydrogens (tertiary/aromatic N) is 2. The number of ether oxygens (including phenoxy) is 1. The molecule has 0 aromatic heterocycles. The molecule has 0 bridgehead atoms. The number of hydrogen-bond acceptors (Lipinski definition) is 5. The topological polar surface area (TPSA) is 95.5 Å². The molecular weight excluding hydrogens is 324 g/mol. The molecule has 7 heteroatoms. The maximum atomic E-state index is 10.9. The summed E-state index contributed by atoms with van der Waals surface area (Å²) in [5, 5.41) is 21.9. The largest absolute Gasteiger partial charge is 0.381 e. The average molecular weight is 344 g/mol. The maximum absolute atomic E-state index is 10.9. The van der Waals surface area contributed by atoms with Gasteiger partial charge in [-0.3, -0.25) is 20.2 Å². The van der Waals surface area contributed by atoms with Gasteiger partial charge in [-0.05, 0) is 37.8 Å². The van der Waals surface area contributed by atoms with Crippen molar-refractivity contribution in [1.82, 2.24) is 0 Å². The Kier molecular flexibility index (Phi) is 6.19. The third kappa shape index (κ3) is 4.60. The number of benzene rings is 2. The SMILES string of the molecule is Cc1c(CCOCCc2cccc([N+](=O)[O-])c2C)cccc1[N+](=O)[O-]. The third-order valence-electron chi connectivity index (χ3n) is 4.26. The lowest BCUT2D eigenvalue weighted by molar-refractivity contribution is -0.385.